The normalized spacial score (nSPS) is 16.6. The lowest BCUT2D eigenvalue weighted by molar-refractivity contribution is 0.402. The molecule has 0 aliphatic heterocycles. The van der Waals surface area contributed by atoms with Crippen molar-refractivity contribution < 1.29 is 4.74 Å². The molecular formula is C17H24ClNO. The Labute approximate surface area is 127 Å². The van der Waals surface area contributed by atoms with E-state index < -0.39 is 0 Å². The van der Waals surface area contributed by atoms with E-state index in [4.69, 9.17) is 16.3 Å². The Morgan fingerprint density at radius 2 is 2.20 bits per heavy atom. The van der Waals surface area contributed by atoms with Gasteiger partial charge in [0.25, 0.3) is 0 Å². The number of ether oxygens (including phenoxy) is 1. The van der Waals surface area contributed by atoms with Crippen molar-refractivity contribution in [3.63, 3.8) is 0 Å². The molecule has 0 radical (unpaired) electrons. The van der Waals surface area contributed by atoms with Crippen LogP contribution >= 0.6 is 11.6 Å². The third-order valence-corrected chi connectivity index (χ3v) is 4.03. The summed E-state index contributed by atoms with van der Waals surface area (Å²) in [6.45, 7) is 3.19. The van der Waals surface area contributed by atoms with Gasteiger partial charge in [-0.05, 0) is 56.8 Å². The molecule has 3 heteroatoms. The van der Waals surface area contributed by atoms with Crippen molar-refractivity contribution >= 4 is 11.6 Å². The van der Waals surface area contributed by atoms with Crippen molar-refractivity contribution in [3.8, 4) is 5.75 Å². The molecule has 0 spiro atoms. The maximum Gasteiger partial charge on any atom is 0.124 e. The second kappa shape index (κ2) is 7.70. The molecule has 1 aliphatic rings. The number of rotatable bonds is 6. The quantitative estimate of drug-likeness (QED) is 0.754. The first-order valence-corrected chi connectivity index (χ1v) is 7.89. The van der Waals surface area contributed by atoms with E-state index >= 15 is 0 Å². The van der Waals surface area contributed by atoms with Crippen molar-refractivity contribution in [2.75, 3.05) is 13.7 Å². The summed E-state index contributed by atoms with van der Waals surface area (Å²) in [5, 5.41) is 4.41. The first-order chi connectivity index (χ1) is 9.76. The Morgan fingerprint density at radius 1 is 1.35 bits per heavy atom. The second-order valence-corrected chi connectivity index (χ2v) is 5.73. The molecule has 1 atom stereocenters. The van der Waals surface area contributed by atoms with Crippen molar-refractivity contribution in [2.24, 2.45) is 0 Å². The van der Waals surface area contributed by atoms with Crippen LogP contribution in [0.3, 0.4) is 0 Å². The highest BCUT2D eigenvalue weighted by atomic mass is 35.5. The molecule has 2 rings (SSSR count). The minimum absolute atomic E-state index is 0.226. The van der Waals surface area contributed by atoms with Gasteiger partial charge in [-0.2, -0.15) is 0 Å². The highest BCUT2D eigenvalue weighted by Crippen LogP contribution is 2.36. The first-order valence-electron chi connectivity index (χ1n) is 7.52. The lowest BCUT2D eigenvalue weighted by atomic mass is 9.89. The van der Waals surface area contributed by atoms with Crippen LogP contribution in [0.5, 0.6) is 5.75 Å². The molecule has 1 unspecified atom stereocenters. The van der Waals surface area contributed by atoms with Gasteiger partial charge >= 0.3 is 0 Å². The monoisotopic (exact) mass is 293 g/mol. The molecule has 0 heterocycles. The van der Waals surface area contributed by atoms with Crippen LogP contribution in [0.2, 0.25) is 5.02 Å². The summed E-state index contributed by atoms with van der Waals surface area (Å²) in [4.78, 5) is 0. The van der Waals surface area contributed by atoms with Crippen LogP contribution in [-0.2, 0) is 0 Å². The summed E-state index contributed by atoms with van der Waals surface area (Å²) in [6.07, 6.45) is 8.43. The summed E-state index contributed by atoms with van der Waals surface area (Å²) >= 11 is 6.19. The third kappa shape index (κ3) is 3.77. The molecule has 20 heavy (non-hydrogen) atoms. The van der Waals surface area contributed by atoms with Gasteiger partial charge in [-0.25, -0.2) is 0 Å². The first kappa shape index (κ1) is 15.4. The van der Waals surface area contributed by atoms with Gasteiger partial charge in [-0.3, -0.25) is 0 Å². The van der Waals surface area contributed by atoms with E-state index in [2.05, 4.69) is 18.3 Å². The number of halogens is 1. The van der Waals surface area contributed by atoms with Crippen molar-refractivity contribution in [1.82, 2.24) is 5.32 Å². The minimum atomic E-state index is 0.226. The summed E-state index contributed by atoms with van der Waals surface area (Å²) in [7, 11) is 1.72. The maximum absolute atomic E-state index is 6.19. The van der Waals surface area contributed by atoms with Crippen LogP contribution in [0.15, 0.2) is 29.8 Å². The van der Waals surface area contributed by atoms with Crippen LogP contribution in [0.4, 0.5) is 0 Å². The molecule has 1 N–H and O–H groups in total. The fraction of sp³-hybridized carbons (Fsp3) is 0.529. The topological polar surface area (TPSA) is 21.3 Å². The molecule has 0 saturated carbocycles. The molecule has 110 valence electrons. The fourth-order valence-corrected chi connectivity index (χ4v) is 2.97. The van der Waals surface area contributed by atoms with E-state index in [9.17, 15) is 0 Å². The minimum Gasteiger partial charge on any atom is -0.496 e. The molecule has 1 aliphatic carbocycles. The Balaban J connectivity index is 2.34. The molecule has 0 aromatic heterocycles. The molecule has 1 aromatic carbocycles. The van der Waals surface area contributed by atoms with Crippen molar-refractivity contribution in [2.45, 2.75) is 45.1 Å². The van der Waals surface area contributed by atoms with Gasteiger partial charge in [0.1, 0.15) is 5.75 Å². The summed E-state index contributed by atoms with van der Waals surface area (Å²) in [6, 6.07) is 6.10. The van der Waals surface area contributed by atoms with Crippen LogP contribution in [0.1, 0.15) is 50.6 Å². The Hall–Kier alpha value is -0.990. The molecule has 0 saturated heterocycles. The lowest BCUT2D eigenvalue weighted by Crippen LogP contribution is -2.25. The average Bonchev–Trinajstić information content (AvgIpc) is 2.49. The largest absolute Gasteiger partial charge is 0.496 e. The van der Waals surface area contributed by atoms with Crippen molar-refractivity contribution in [1.29, 1.82) is 0 Å². The number of hydrogen-bond donors (Lipinski definition) is 1. The van der Waals surface area contributed by atoms with Gasteiger partial charge in [0.15, 0.2) is 0 Å². The zero-order valence-corrected chi connectivity index (χ0v) is 13.2. The van der Waals surface area contributed by atoms with Gasteiger partial charge in [0, 0.05) is 10.6 Å². The predicted octanol–water partition coefficient (Wildman–Crippen LogP) is 4.89. The summed E-state index contributed by atoms with van der Waals surface area (Å²) in [5.41, 5.74) is 2.63. The molecular weight excluding hydrogens is 270 g/mol. The Kier molecular flexibility index (Phi) is 5.93. The van der Waals surface area contributed by atoms with Crippen molar-refractivity contribution in [3.05, 3.63) is 40.4 Å². The van der Waals surface area contributed by atoms with E-state index in [1.807, 2.05) is 18.2 Å². The van der Waals surface area contributed by atoms with Gasteiger partial charge in [-0.15, -0.1) is 0 Å². The molecule has 2 nitrogen and oxygen atoms in total. The number of hydrogen-bond acceptors (Lipinski definition) is 2. The number of methoxy groups -OCH3 is 1. The van der Waals surface area contributed by atoms with E-state index in [0.29, 0.717) is 0 Å². The SMILES string of the molecule is CCCNC(C1=CCCCC1)c1cc(Cl)ccc1OC. The Bertz CT molecular complexity index is 470. The van der Waals surface area contributed by atoms with Gasteiger partial charge < -0.3 is 10.1 Å². The number of nitrogens with one attached hydrogen (secondary N) is 1. The number of benzene rings is 1. The van der Waals surface area contributed by atoms with E-state index in [1.54, 1.807) is 7.11 Å². The Morgan fingerprint density at radius 3 is 2.85 bits per heavy atom. The molecule has 0 amide bonds. The molecule has 0 fully saturated rings. The predicted molar refractivity (Wildman–Crippen MR) is 85.6 cm³/mol. The summed E-state index contributed by atoms with van der Waals surface area (Å²) < 4.78 is 5.53. The van der Waals surface area contributed by atoms with Crippen LogP contribution in [-0.4, -0.2) is 13.7 Å². The van der Waals surface area contributed by atoms with Crippen LogP contribution in [0.25, 0.3) is 0 Å². The van der Waals surface area contributed by atoms with Gasteiger partial charge in [0.05, 0.1) is 13.2 Å². The van der Waals surface area contributed by atoms with E-state index in [-0.39, 0.29) is 6.04 Å². The standard InChI is InChI=1S/C17H24ClNO/c1-3-11-19-17(13-7-5-4-6-8-13)15-12-14(18)9-10-16(15)20-2/h7,9-10,12,17,19H,3-6,8,11H2,1-2H3. The van der Waals surface area contributed by atoms with Gasteiger partial charge in [-0.1, -0.05) is 30.2 Å². The van der Waals surface area contributed by atoms with Crippen LogP contribution < -0.4 is 10.1 Å². The highest BCUT2D eigenvalue weighted by Gasteiger charge is 2.21. The molecule has 0 bridgehead atoms. The highest BCUT2D eigenvalue weighted by molar-refractivity contribution is 6.30. The van der Waals surface area contributed by atoms with E-state index in [0.717, 1.165) is 35.7 Å². The van der Waals surface area contributed by atoms with E-state index in [1.165, 1.54) is 24.8 Å². The third-order valence-electron chi connectivity index (χ3n) is 3.80. The lowest BCUT2D eigenvalue weighted by Gasteiger charge is -2.26. The molecule has 1 aromatic rings. The average molecular weight is 294 g/mol. The zero-order chi connectivity index (χ0) is 14.4. The zero-order valence-electron chi connectivity index (χ0n) is 12.4. The fourth-order valence-electron chi connectivity index (χ4n) is 2.79. The maximum atomic E-state index is 6.19. The smallest absolute Gasteiger partial charge is 0.124 e. The number of allylic oxidation sites excluding steroid dienone is 1. The second-order valence-electron chi connectivity index (χ2n) is 5.30. The van der Waals surface area contributed by atoms with Gasteiger partial charge in [0.2, 0.25) is 0 Å². The van der Waals surface area contributed by atoms with Crippen LogP contribution in [0, 0.1) is 0 Å². The summed E-state index contributed by atoms with van der Waals surface area (Å²) in [5.74, 6) is 0.912.